The van der Waals surface area contributed by atoms with Gasteiger partial charge in [-0.2, -0.15) is 4.57 Å². The van der Waals surface area contributed by atoms with Crippen molar-refractivity contribution in [3.05, 3.63) is 89.5 Å². The highest BCUT2D eigenvalue weighted by Crippen LogP contribution is 2.37. The van der Waals surface area contributed by atoms with E-state index in [2.05, 4.69) is 0 Å². The summed E-state index contributed by atoms with van der Waals surface area (Å²) in [6.07, 6.45) is 3.95. The van der Waals surface area contributed by atoms with Crippen LogP contribution >= 0.6 is 11.6 Å². The second kappa shape index (κ2) is 6.02. The van der Waals surface area contributed by atoms with E-state index >= 15 is 0 Å². The number of para-hydroxylation sites is 3. The standard InChI is InChI=1S/C20H16ClN2O/c1-22-17-9-5-6-10-18(17)24-20(22)14-15-11-12-23(19(21)13-15)16-7-3-2-4-8-16/h2-14H,1H3/q+1. The Bertz CT molecular complexity index is 922. The molecule has 0 aliphatic carbocycles. The summed E-state index contributed by atoms with van der Waals surface area (Å²) in [5.74, 6) is 1.65. The Labute approximate surface area is 146 Å². The maximum Gasteiger partial charge on any atom is 0.281 e. The van der Waals surface area contributed by atoms with Gasteiger partial charge >= 0.3 is 0 Å². The van der Waals surface area contributed by atoms with Crippen LogP contribution in [-0.2, 0) is 0 Å². The smallest absolute Gasteiger partial charge is 0.281 e. The molecule has 0 saturated carbocycles. The number of rotatable bonds is 2. The van der Waals surface area contributed by atoms with E-state index in [9.17, 15) is 0 Å². The van der Waals surface area contributed by atoms with Gasteiger partial charge in [-0.1, -0.05) is 30.3 Å². The fraction of sp³-hybridized carbons (Fsp3) is 0.0500. The van der Waals surface area contributed by atoms with Gasteiger partial charge in [0.15, 0.2) is 11.9 Å². The maximum atomic E-state index is 6.45. The minimum atomic E-state index is 0.647. The molecule has 0 spiro atoms. The first-order chi connectivity index (χ1) is 11.7. The van der Waals surface area contributed by atoms with Crippen LogP contribution in [0.5, 0.6) is 5.75 Å². The predicted octanol–water partition coefficient (Wildman–Crippen LogP) is 4.44. The van der Waals surface area contributed by atoms with Crippen LogP contribution in [-0.4, -0.2) is 7.05 Å². The van der Waals surface area contributed by atoms with Gasteiger partial charge in [-0.05, 0) is 29.3 Å². The lowest BCUT2D eigenvalue weighted by Crippen LogP contribution is -2.31. The summed E-state index contributed by atoms with van der Waals surface area (Å²) in [6.45, 7) is 0. The molecule has 3 aromatic rings. The fourth-order valence-electron chi connectivity index (χ4n) is 2.76. The van der Waals surface area contributed by atoms with Gasteiger partial charge in [0.25, 0.3) is 5.15 Å². The summed E-state index contributed by atoms with van der Waals surface area (Å²) < 4.78 is 7.86. The first-order valence-corrected chi connectivity index (χ1v) is 8.09. The van der Waals surface area contributed by atoms with Crippen LogP contribution in [0.4, 0.5) is 5.69 Å². The molecule has 0 atom stereocenters. The fourth-order valence-corrected chi connectivity index (χ4v) is 3.04. The number of anilines is 1. The summed E-state index contributed by atoms with van der Waals surface area (Å²) >= 11 is 6.45. The molecule has 24 heavy (non-hydrogen) atoms. The molecule has 118 valence electrons. The van der Waals surface area contributed by atoms with Crippen molar-refractivity contribution in [2.75, 3.05) is 11.9 Å². The Balaban J connectivity index is 1.66. The molecule has 0 fully saturated rings. The molecule has 0 N–H and O–H groups in total. The zero-order valence-corrected chi connectivity index (χ0v) is 13.9. The quantitative estimate of drug-likeness (QED) is 0.508. The third-order valence-corrected chi connectivity index (χ3v) is 4.32. The second-order valence-electron chi connectivity index (χ2n) is 5.60. The Morgan fingerprint density at radius 3 is 2.50 bits per heavy atom. The first-order valence-electron chi connectivity index (χ1n) is 7.71. The predicted molar refractivity (Wildman–Crippen MR) is 96.4 cm³/mol. The average molecular weight is 336 g/mol. The molecular weight excluding hydrogens is 320 g/mol. The van der Waals surface area contributed by atoms with Crippen LogP contribution < -0.4 is 14.2 Å². The van der Waals surface area contributed by atoms with E-state index in [1.165, 1.54) is 0 Å². The first kappa shape index (κ1) is 14.8. The molecule has 2 heterocycles. The molecule has 1 aliphatic rings. The van der Waals surface area contributed by atoms with Crippen molar-refractivity contribution in [1.29, 1.82) is 0 Å². The average Bonchev–Trinajstić information content (AvgIpc) is 2.92. The summed E-state index contributed by atoms with van der Waals surface area (Å²) in [5, 5.41) is 0.647. The number of benzene rings is 2. The van der Waals surface area contributed by atoms with Gasteiger partial charge in [-0.15, -0.1) is 0 Å². The van der Waals surface area contributed by atoms with E-state index < -0.39 is 0 Å². The highest BCUT2D eigenvalue weighted by molar-refractivity contribution is 6.28. The van der Waals surface area contributed by atoms with E-state index in [-0.39, 0.29) is 0 Å². The molecule has 4 rings (SSSR count). The number of ether oxygens (including phenoxy) is 1. The molecule has 0 unspecified atom stereocenters. The monoisotopic (exact) mass is 335 g/mol. The Hall–Kier alpha value is -2.78. The van der Waals surface area contributed by atoms with Crippen LogP contribution in [0.15, 0.2) is 78.8 Å². The summed E-state index contributed by atoms with van der Waals surface area (Å²) in [5.41, 5.74) is 3.08. The highest BCUT2D eigenvalue weighted by Gasteiger charge is 2.22. The molecule has 0 bridgehead atoms. The van der Waals surface area contributed by atoms with Gasteiger partial charge in [0.05, 0.1) is 5.69 Å². The van der Waals surface area contributed by atoms with Crippen molar-refractivity contribution in [3.63, 3.8) is 0 Å². The topological polar surface area (TPSA) is 16.4 Å². The van der Waals surface area contributed by atoms with E-state index in [1.54, 1.807) is 0 Å². The molecule has 2 aromatic carbocycles. The Morgan fingerprint density at radius 1 is 1.00 bits per heavy atom. The Kier molecular flexibility index (Phi) is 3.71. The second-order valence-corrected chi connectivity index (χ2v) is 5.99. The van der Waals surface area contributed by atoms with Crippen LogP contribution in [0.25, 0.3) is 11.8 Å². The van der Waals surface area contributed by atoms with E-state index in [1.807, 2.05) is 95.5 Å². The van der Waals surface area contributed by atoms with Gasteiger partial charge in [0.1, 0.15) is 0 Å². The van der Waals surface area contributed by atoms with Crippen molar-refractivity contribution in [1.82, 2.24) is 0 Å². The van der Waals surface area contributed by atoms with Crippen LogP contribution in [0.3, 0.4) is 0 Å². The lowest BCUT2D eigenvalue weighted by molar-refractivity contribution is -0.593. The van der Waals surface area contributed by atoms with E-state index in [0.29, 0.717) is 5.15 Å². The number of halogens is 1. The van der Waals surface area contributed by atoms with Crippen molar-refractivity contribution < 1.29 is 9.30 Å². The van der Waals surface area contributed by atoms with Gasteiger partial charge in [0, 0.05) is 37.4 Å². The lowest BCUT2D eigenvalue weighted by atomic mass is 10.2. The lowest BCUT2D eigenvalue weighted by Gasteiger charge is -2.10. The van der Waals surface area contributed by atoms with E-state index in [0.717, 1.165) is 28.6 Å². The van der Waals surface area contributed by atoms with Crippen LogP contribution in [0.2, 0.25) is 5.15 Å². The number of pyridine rings is 1. The van der Waals surface area contributed by atoms with Gasteiger partial charge < -0.3 is 9.64 Å². The number of aromatic nitrogens is 1. The van der Waals surface area contributed by atoms with Gasteiger partial charge in [-0.3, -0.25) is 0 Å². The minimum absolute atomic E-state index is 0.647. The maximum absolute atomic E-state index is 6.45. The Morgan fingerprint density at radius 2 is 1.75 bits per heavy atom. The highest BCUT2D eigenvalue weighted by atomic mass is 35.5. The van der Waals surface area contributed by atoms with Crippen molar-refractivity contribution in [2.45, 2.75) is 0 Å². The van der Waals surface area contributed by atoms with Crippen molar-refractivity contribution >= 4 is 23.4 Å². The molecule has 0 saturated heterocycles. The SMILES string of the molecule is CN1C(=Cc2cc[n+](-c3ccccc3)c(Cl)c2)Oc2ccccc21. The zero-order valence-electron chi connectivity index (χ0n) is 13.2. The molecular formula is C20H16ClN2O+. The third kappa shape index (κ3) is 2.63. The number of fused-ring (bicyclic) bond motifs is 1. The normalized spacial score (nSPS) is 14.6. The number of nitrogens with zero attached hydrogens (tertiary/aromatic N) is 2. The van der Waals surface area contributed by atoms with Crippen molar-refractivity contribution in [3.8, 4) is 11.4 Å². The molecule has 4 heteroatoms. The van der Waals surface area contributed by atoms with E-state index in [4.69, 9.17) is 16.3 Å². The van der Waals surface area contributed by atoms with Gasteiger partial charge in [-0.25, -0.2) is 0 Å². The number of hydrogen-bond donors (Lipinski definition) is 0. The number of hydrogen-bond acceptors (Lipinski definition) is 2. The molecule has 0 amide bonds. The minimum Gasteiger partial charge on any atom is -0.439 e. The van der Waals surface area contributed by atoms with Crippen LogP contribution in [0.1, 0.15) is 5.56 Å². The summed E-state index contributed by atoms with van der Waals surface area (Å²) in [7, 11) is 1.99. The third-order valence-electron chi connectivity index (χ3n) is 4.03. The van der Waals surface area contributed by atoms with Crippen molar-refractivity contribution in [2.24, 2.45) is 0 Å². The van der Waals surface area contributed by atoms with Gasteiger partial charge in [0.2, 0.25) is 11.6 Å². The molecule has 1 aliphatic heterocycles. The molecule has 1 aromatic heterocycles. The zero-order chi connectivity index (χ0) is 16.5. The van der Waals surface area contributed by atoms with Crippen LogP contribution in [0, 0.1) is 0 Å². The molecule has 3 nitrogen and oxygen atoms in total. The summed E-state index contributed by atoms with van der Waals surface area (Å²) in [4.78, 5) is 2.03. The summed E-state index contributed by atoms with van der Waals surface area (Å²) in [6, 6.07) is 22.0. The largest absolute Gasteiger partial charge is 0.439 e. The molecule has 0 radical (unpaired) electrons.